The fourth-order valence-electron chi connectivity index (χ4n) is 1.95. The van der Waals surface area contributed by atoms with Gasteiger partial charge in [-0.1, -0.05) is 69.7 Å². The SMILES string of the molecule is CCC.CCCNC(=O)Cc1cccc2ccccc12. The normalized spacial score (nSPS) is 9.75. The number of fused-ring (bicyclic) bond motifs is 1. The molecule has 1 N–H and O–H groups in total. The maximum absolute atomic E-state index is 11.7. The summed E-state index contributed by atoms with van der Waals surface area (Å²) in [6.45, 7) is 7.06. The summed E-state index contributed by atoms with van der Waals surface area (Å²) >= 11 is 0. The lowest BCUT2D eigenvalue weighted by Crippen LogP contribution is -2.25. The Hall–Kier alpha value is -1.83. The lowest BCUT2D eigenvalue weighted by molar-refractivity contribution is -0.120. The van der Waals surface area contributed by atoms with Crippen LogP contribution in [0.1, 0.15) is 39.2 Å². The number of amides is 1. The molecule has 20 heavy (non-hydrogen) atoms. The Kier molecular flexibility index (Phi) is 7.41. The minimum Gasteiger partial charge on any atom is -0.356 e. The zero-order chi connectivity index (χ0) is 14.8. The number of rotatable bonds is 4. The van der Waals surface area contributed by atoms with Crippen LogP contribution in [0.2, 0.25) is 0 Å². The van der Waals surface area contributed by atoms with Gasteiger partial charge >= 0.3 is 0 Å². The molecule has 0 fully saturated rings. The summed E-state index contributed by atoms with van der Waals surface area (Å²) in [5.74, 6) is 0.100. The van der Waals surface area contributed by atoms with Crippen LogP contribution in [0, 0.1) is 0 Å². The van der Waals surface area contributed by atoms with Gasteiger partial charge in [-0.2, -0.15) is 0 Å². The molecule has 2 heteroatoms. The molecular formula is C18H25NO. The van der Waals surface area contributed by atoms with Crippen LogP contribution in [-0.2, 0) is 11.2 Å². The summed E-state index contributed by atoms with van der Waals surface area (Å²) in [6.07, 6.45) is 2.68. The molecule has 1 amide bonds. The zero-order valence-electron chi connectivity index (χ0n) is 12.8. The molecule has 0 aliphatic carbocycles. The third-order valence-electron chi connectivity index (χ3n) is 2.80. The van der Waals surface area contributed by atoms with E-state index in [2.05, 4.69) is 44.3 Å². The summed E-state index contributed by atoms with van der Waals surface area (Å²) in [5, 5.41) is 5.26. The molecule has 2 aromatic carbocycles. The molecule has 0 saturated heterocycles. The Morgan fingerprint density at radius 1 is 1.00 bits per heavy atom. The monoisotopic (exact) mass is 271 g/mol. The Bertz CT molecular complexity index is 528. The second kappa shape index (κ2) is 9.13. The van der Waals surface area contributed by atoms with Crippen molar-refractivity contribution in [1.82, 2.24) is 5.32 Å². The minimum absolute atomic E-state index is 0.100. The van der Waals surface area contributed by atoms with Crippen LogP contribution in [0.5, 0.6) is 0 Å². The van der Waals surface area contributed by atoms with Gasteiger partial charge in [-0.3, -0.25) is 4.79 Å². The summed E-state index contributed by atoms with van der Waals surface area (Å²) in [6, 6.07) is 14.3. The van der Waals surface area contributed by atoms with Crippen molar-refractivity contribution < 1.29 is 4.79 Å². The summed E-state index contributed by atoms with van der Waals surface area (Å²) in [4.78, 5) is 11.7. The van der Waals surface area contributed by atoms with E-state index in [0.29, 0.717) is 6.42 Å². The molecule has 0 atom stereocenters. The second-order valence-electron chi connectivity index (χ2n) is 4.87. The molecular weight excluding hydrogens is 246 g/mol. The van der Waals surface area contributed by atoms with Crippen molar-refractivity contribution in [2.45, 2.75) is 40.0 Å². The van der Waals surface area contributed by atoms with Gasteiger partial charge in [0.05, 0.1) is 6.42 Å². The predicted octanol–water partition coefficient (Wildman–Crippen LogP) is 4.32. The van der Waals surface area contributed by atoms with Crippen LogP contribution in [0.15, 0.2) is 42.5 Å². The minimum atomic E-state index is 0.100. The molecule has 2 nitrogen and oxygen atoms in total. The van der Waals surface area contributed by atoms with Crippen molar-refractivity contribution in [3.63, 3.8) is 0 Å². The lowest BCUT2D eigenvalue weighted by Gasteiger charge is -2.07. The van der Waals surface area contributed by atoms with E-state index in [1.54, 1.807) is 0 Å². The first-order valence-electron chi connectivity index (χ1n) is 7.46. The van der Waals surface area contributed by atoms with Crippen LogP contribution in [-0.4, -0.2) is 12.5 Å². The van der Waals surface area contributed by atoms with Gasteiger partial charge in [0.1, 0.15) is 0 Å². The molecule has 0 aliphatic heterocycles. The van der Waals surface area contributed by atoms with Gasteiger partial charge in [-0.05, 0) is 22.8 Å². The fourth-order valence-corrected chi connectivity index (χ4v) is 1.95. The number of hydrogen-bond donors (Lipinski definition) is 1. The van der Waals surface area contributed by atoms with E-state index in [1.807, 2.05) is 24.3 Å². The molecule has 108 valence electrons. The van der Waals surface area contributed by atoms with Crippen molar-refractivity contribution >= 4 is 16.7 Å². The average molecular weight is 271 g/mol. The van der Waals surface area contributed by atoms with Gasteiger partial charge in [0.2, 0.25) is 5.91 Å². The quantitative estimate of drug-likeness (QED) is 0.881. The average Bonchev–Trinajstić information content (AvgIpc) is 2.46. The Morgan fingerprint density at radius 2 is 1.65 bits per heavy atom. The third kappa shape index (κ3) is 5.04. The fraction of sp³-hybridized carbons (Fsp3) is 0.389. The van der Waals surface area contributed by atoms with E-state index < -0.39 is 0 Å². The van der Waals surface area contributed by atoms with Gasteiger partial charge in [0.15, 0.2) is 0 Å². The van der Waals surface area contributed by atoms with Gasteiger partial charge in [0, 0.05) is 6.54 Å². The highest BCUT2D eigenvalue weighted by atomic mass is 16.1. The van der Waals surface area contributed by atoms with Crippen molar-refractivity contribution in [3.05, 3.63) is 48.0 Å². The van der Waals surface area contributed by atoms with Crippen LogP contribution in [0.3, 0.4) is 0 Å². The van der Waals surface area contributed by atoms with E-state index in [9.17, 15) is 4.79 Å². The van der Waals surface area contributed by atoms with E-state index in [1.165, 1.54) is 17.2 Å². The molecule has 0 aliphatic rings. The summed E-state index contributed by atoms with van der Waals surface area (Å²) < 4.78 is 0. The molecule has 0 unspecified atom stereocenters. The highest BCUT2D eigenvalue weighted by Crippen LogP contribution is 2.18. The highest BCUT2D eigenvalue weighted by molar-refractivity contribution is 5.90. The van der Waals surface area contributed by atoms with Crippen LogP contribution in [0.4, 0.5) is 0 Å². The lowest BCUT2D eigenvalue weighted by atomic mass is 10.0. The first-order valence-corrected chi connectivity index (χ1v) is 7.46. The van der Waals surface area contributed by atoms with Gasteiger partial charge in [-0.15, -0.1) is 0 Å². The number of hydrogen-bond acceptors (Lipinski definition) is 1. The van der Waals surface area contributed by atoms with Crippen LogP contribution >= 0.6 is 0 Å². The molecule has 0 heterocycles. The molecule has 0 bridgehead atoms. The number of carbonyl (C=O) groups is 1. The maximum Gasteiger partial charge on any atom is 0.224 e. The first-order chi connectivity index (χ1) is 9.72. The summed E-state index contributed by atoms with van der Waals surface area (Å²) in [7, 11) is 0. The Morgan fingerprint density at radius 3 is 2.35 bits per heavy atom. The van der Waals surface area contributed by atoms with Crippen molar-refractivity contribution in [2.24, 2.45) is 0 Å². The van der Waals surface area contributed by atoms with Crippen molar-refractivity contribution in [1.29, 1.82) is 0 Å². The van der Waals surface area contributed by atoms with Gasteiger partial charge < -0.3 is 5.32 Å². The summed E-state index contributed by atoms with van der Waals surface area (Å²) in [5.41, 5.74) is 1.09. The topological polar surface area (TPSA) is 29.1 Å². The van der Waals surface area contributed by atoms with E-state index in [4.69, 9.17) is 0 Å². The molecule has 0 aromatic heterocycles. The number of nitrogens with one attached hydrogen (secondary N) is 1. The molecule has 0 saturated carbocycles. The third-order valence-corrected chi connectivity index (χ3v) is 2.80. The number of benzene rings is 2. The van der Waals surface area contributed by atoms with Crippen LogP contribution in [0.25, 0.3) is 10.8 Å². The maximum atomic E-state index is 11.7. The van der Waals surface area contributed by atoms with E-state index in [-0.39, 0.29) is 5.91 Å². The molecule has 2 aromatic rings. The van der Waals surface area contributed by atoms with E-state index in [0.717, 1.165) is 18.5 Å². The molecule has 2 rings (SSSR count). The zero-order valence-corrected chi connectivity index (χ0v) is 12.8. The van der Waals surface area contributed by atoms with Crippen molar-refractivity contribution in [3.8, 4) is 0 Å². The standard InChI is InChI=1S/C15H17NO.C3H8/c1-2-10-16-15(17)11-13-8-5-7-12-6-3-4-9-14(12)13;1-3-2/h3-9H,2,10-11H2,1H3,(H,16,17);3H2,1-2H3. The van der Waals surface area contributed by atoms with E-state index >= 15 is 0 Å². The Labute approximate surface area is 122 Å². The highest BCUT2D eigenvalue weighted by Gasteiger charge is 2.05. The number of carbonyl (C=O) groups excluding carboxylic acids is 1. The van der Waals surface area contributed by atoms with Gasteiger partial charge in [-0.25, -0.2) is 0 Å². The van der Waals surface area contributed by atoms with Crippen LogP contribution < -0.4 is 5.32 Å². The largest absolute Gasteiger partial charge is 0.356 e. The predicted molar refractivity (Wildman–Crippen MR) is 86.9 cm³/mol. The molecule has 0 spiro atoms. The van der Waals surface area contributed by atoms with Gasteiger partial charge in [0.25, 0.3) is 0 Å². The molecule has 0 radical (unpaired) electrons. The Balaban J connectivity index is 0.000000612. The first kappa shape index (κ1) is 16.2. The van der Waals surface area contributed by atoms with Crippen molar-refractivity contribution in [2.75, 3.05) is 6.54 Å². The smallest absolute Gasteiger partial charge is 0.224 e. The second-order valence-corrected chi connectivity index (χ2v) is 4.87.